The molecule has 2 aromatic carbocycles. The molecule has 1 atom stereocenters. The maximum Gasteiger partial charge on any atom is 0.260 e. The van der Waals surface area contributed by atoms with Gasteiger partial charge in [0, 0.05) is 51.0 Å². The lowest BCUT2D eigenvalue weighted by Crippen LogP contribution is -2.49. The number of nitrogens with zero attached hydrogens (tertiary/aromatic N) is 2. The fourth-order valence-corrected chi connectivity index (χ4v) is 3.17. The third-order valence-corrected chi connectivity index (χ3v) is 4.86. The van der Waals surface area contributed by atoms with Gasteiger partial charge in [-0.2, -0.15) is 0 Å². The van der Waals surface area contributed by atoms with Gasteiger partial charge >= 0.3 is 0 Å². The third kappa shape index (κ3) is 5.87. The standard InChI is InChI=1S/C21H24F3N3O2/c1-15(29-18-6-7-19(23)20(24)14-18)21(28)25-8-9-26-10-12-27(13-11-26)17-4-2-16(22)3-5-17/h2-7,14-15H,8-13H2,1H3,(H,25,28). The number of ether oxygens (including phenoxy) is 1. The fourth-order valence-electron chi connectivity index (χ4n) is 3.17. The van der Waals surface area contributed by atoms with Crippen molar-refractivity contribution < 1.29 is 22.7 Å². The number of hydrogen-bond acceptors (Lipinski definition) is 4. The van der Waals surface area contributed by atoms with E-state index in [2.05, 4.69) is 15.1 Å². The molecule has 156 valence electrons. The van der Waals surface area contributed by atoms with Crippen LogP contribution in [0.25, 0.3) is 0 Å². The Morgan fingerprint density at radius 1 is 1.03 bits per heavy atom. The first kappa shape index (κ1) is 21.0. The number of anilines is 1. The summed E-state index contributed by atoms with van der Waals surface area (Å²) >= 11 is 0. The molecule has 0 saturated carbocycles. The predicted octanol–water partition coefficient (Wildman–Crippen LogP) is 2.81. The number of halogens is 3. The molecule has 1 N–H and O–H groups in total. The van der Waals surface area contributed by atoms with Gasteiger partial charge in [-0.3, -0.25) is 9.69 Å². The Kier molecular flexibility index (Phi) is 6.98. The molecule has 0 aromatic heterocycles. The van der Waals surface area contributed by atoms with E-state index in [1.807, 2.05) is 0 Å². The highest BCUT2D eigenvalue weighted by Crippen LogP contribution is 2.18. The minimum absolute atomic E-state index is 0.100. The van der Waals surface area contributed by atoms with Crippen molar-refractivity contribution in [3.63, 3.8) is 0 Å². The molecule has 3 rings (SSSR count). The molecular weight excluding hydrogens is 383 g/mol. The van der Waals surface area contributed by atoms with E-state index in [9.17, 15) is 18.0 Å². The highest BCUT2D eigenvalue weighted by molar-refractivity contribution is 5.80. The quantitative estimate of drug-likeness (QED) is 0.767. The minimum Gasteiger partial charge on any atom is -0.481 e. The second kappa shape index (κ2) is 9.65. The maximum atomic E-state index is 13.2. The van der Waals surface area contributed by atoms with Gasteiger partial charge < -0.3 is 15.0 Å². The van der Waals surface area contributed by atoms with Crippen molar-refractivity contribution >= 4 is 11.6 Å². The van der Waals surface area contributed by atoms with Crippen molar-refractivity contribution in [2.24, 2.45) is 0 Å². The van der Waals surface area contributed by atoms with E-state index in [4.69, 9.17) is 4.74 Å². The summed E-state index contributed by atoms with van der Waals surface area (Å²) in [4.78, 5) is 16.6. The van der Waals surface area contributed by atoms with Crippen LogP contribution in [0.5, 0.6) is 5.75 Å². The van der Waals surface area contributed by atoms with E-state index in [1.54, 1.807) is 19.1 Å². The first-order valence-corrected chi connectivity index (χ1v) is 9.54. The molecule has 0 aliphatic carbocycles. The van der Waals surface area contributed by atoms with Crippen LogP contribution in [0.2, 0.25) is 0 Å². The monoisotopic (exact) mass is 407 g/mol. The van der Waals surface area contributed by atoms with Gasteiger partial charge in [0.15, 0.2) is 17.7 Å². The smallest absolute Gasteiger partial charge is 0.260 e. The zero-order chi connectivity index (χ0) is 20.8. The van der Waals surface area contributed by atoms with Crippen LogP contribution < -0.4 is 15.0 Å². The zero-order valence-electron chi connectivity index (χ0n) is 16.2. The third-order valence-electron chi connectivity index (χ3n) is 4.86. The first-order chi connectivity index (χ1) is 13.9. The lowest BCUT2D eigenvalue weighted by molar-refractivity contribution is -0.127. The van der Waals surface area contributed by atoms with E-state index >= 15 is 0 Å². The summed E-state index contributed by atoms with van der Waals surface area (Å²) in [6.45, 7) is 6.05. The van der Waals surface area contributed by atoms with Gasteiger partial charge in [-0.25, -0.2) is 13.2 Å². The summed E-state index contributed by atoms with van der Waals surface area (Å²) < 4.78 is 44.5. The lowest BCUT2D eigenvalue weighted by atomic mass is 10.2. The lowest BCUT2D eigenvalue weighted by Gasteiger charge is -2.36. The van der Waals surface area contributed by atoms with Crippen LogP contribution in [0.1, 0.15) is 6.92 Å². The minimum atomic E-state index is -1.02. The molecule has 2 aromatic rings. The van der Waals surface area contributed by atoms with Gasteiger partial charge in [0.05, 0.1) is 0 Å². The Bertz CT molecular complexity index is 824. The summed E-state index contributed by atoms with van der Waals surface area (Å²) in [6.07, 6.45) is -0.824. The molecule has 1 amide bonds. The molecule has 8 heteroatoms. The predicted molar refractivity (Wildman–Crippen MR) is 105 cm³/mol. The number of piperazine rings is 1. The average Bonchev–Trinajstić information content (AvgIpc) is 2.72. The summed E-state index contributed by atoms with van der Waals surface area (Å²) in [6, 6.07) is 9.63. The fraction of sp³-hybridized carbons (Fsp3) is 0.381. The molecule has 1 heterocycles. The largest absolute Gasteiger partial charge is 0.481 e. The second-order valence-electron chi connectivity index (χ2n) is 6.93. The van der Waals surface area contributed by atoms with Crippen molar-refractivity contribution in [1.29, 1.82) is 0 Å². The topological polar surface area (TPSA) is 44.8 Å². The molecule has 1 aliphatic rings. The van der Waals surface area contributed by atoms with Crippen molar-refractivity contribution in [3.05, 3.63) is 59.9 Å². The van der Waals surface area contributed by atoms with Crippen molar-refractivity contribution in [3.8, 4) is 5.75 Å². The number of amides is 1. The van der Waals surface area contributed by atoms with Gasteiger partial charge in [-0.05, 0) is 43.3 Å². The van der Waals surface area contributed by atoms with E-state index in [0.29, 0.717) is 13.1 Å². The van der Waals surface area contributed by atoms with Crippen LogP contribution in [-0.2, 0) is 4.79 Å². The summed E-state index contributed by atoms with van der Waals surface area (Å²) in [5.74, 6) is -2.45. The number of rotatable bonds is 7. The normalized spacial score (nSPS) is 15.8. The van der Waals surface area contributed by atoms with Gasteiger partial charge in [-0.1, -0.05) is 0 Å². The number of benzene rings is 2. The number of carbonyl (C=O) groups is 1. The molecule has 0 radical (unpaired) electrons. The van der Waals surface area contributed by atoms with Gasteiger partial charge in [0.1, 0.15) is 11.6 Å². The Balaban J connectivity index is 1.37. The molecule has 5 nitrogen and oxygen atoms in total. The van der Waals surface area contributed by atoms with Crippen LogP contribution in [0.4, 0.5) is 18.9 Å². The molecular formula is C21H24F3N3O2. The van der Waals surface area contributed by atoms with Crippen LogP contribution in [-0.4, -0.2) is 56.2 Å². The van der Waals surface area contributed by atoms with E-state index in [-0.39, 0.29) is 17.5 Å². The van der Waals surface area contributed by atoms with Crippen LogP contribution in [0.3, 0.4) is 0 Å². The number of hydrogen-bond donors (Lipinski definition) is 1. The van der Waals surface area contributed by atoms with Crippen molar-refractivity contribution in [2.45, 2.75) is 13.0 Å². The van der Waals surface area contributed by atoms with Crippen LogP contribution in [0.15, 0.2) is 42.5 Å². The summed E-state index contributed by atoms with van der Waals surface area (Å²) in [5.41, 5.74) is 1.00. The van der Waals surface area contributed by atoms with E-state index < -0.39 is 17.7 Å². The Morgan fingerprint density at radius 3 is 2.38 bits per heavy atom. The number of carbonyl (C=O) groups excluding carboxylic acids is 1. The van der Waals surface area contributed by atoms with E-state index in [1.165, 1.54) is 18.2 Å². The van der Waals surface area contributed by atoms with Crippen molar-refractivity contribution in [2.75, 3.05) is 44.2 Å². The van der Waals surface area contributed by atoms with Gasteiger partial charge in [0.2, 0.25) is 0 Å². The van der Waals surface area contributed by atoms with Gasteiger partial charge in [0.25, 0.3) is 5.91 Å². The summed E-state index contributed by atoms with van der Waals surface area (Å²) in [5, 5.41) is 2.80. The Hall–Kier alpha value is -2.74. The highest BCUT2D eigenvalue weighted by Gasteiger charge is 2.19. The second-order valence-corrected chi connectivity index (χ2v) is 6.93. The van der Waals surface area contributed by atoms with Gasteiger partial charge in [-0.15, -0.1) is 0 Å². The molecule has 1 unspecified atom stereocenters. The molecule has 29 heavy (non-hydrogen) atoms. The highest BCUT2D eigenvalue weighted by atomic mass is 19.2. The molecule has 0 spiro atoms. The van der Waals surface area contributed by atoms with Crippen molar-refractivity contribution in [1.82, 2.24) is 10.2 Å². The van der Waals surface area contributed by atoms with Crippen LogP contribution >= 0.6 is 0 Å². The molecule has 0 bridgehead atoms. The maximum absolute atomic E-state index is 13.2. The zero-order valence-corrected chi connectivity index (χ0v) is 16.2. The average molecular weight is 407 g/mol. The number of nitrogens with one attached hydrogen (secondary N) is 1. The molecule has 1 aliphatic heterocycles. The summed E-state index contributed by atoms with van der Waals surface area (Å²) in [7, 11) is 0. The van der Waals surface area contributed by atoms with E-state index in [0.717, 1.165) is 44.0 Å². The molecule has 1 fully saturated rings. The Labute approximate surface area is 168 Å². The Morgan fingerprint density at radius 2 is 1.72 bits per heavy atom. The van der Waals surface area contributed by atoms with Crippen LogP contribution in [0, 0.1) is 17.5 Å². The SMILES string of the molecule is CC(Oc1ccc(F)c(F)c1)C(=O)NCCN1CCN(c2ccc(F)cc2)CC1. The molecule has 1 saturated heterocycles. The first-order valence-electron chi connectivity index (χ1n) is 9.54.